The molecular weight excluding hydrogens is 414 g/mol. The van der Waals surface area contributed by atoms with Gasteiger partial charge in [0, 0.05) is 29.7 Å². The van der Waals surface area contributed by atoms with Gasteiger partial charge in [-0.15, -0.1) is 0 Å². The van der Waals surface area contributed by atoms with Gasteiger partial charge in [-0.05, 0) is 73.7 Å². The number of hydrogen-bond acceptors (Lipinski definition) is 3. The van der Waals surface area contributed by atoms with E-state index in [1.165, 1.54) is 23.8 Å². The van der Waals surface area contributed by atoms with Gasteiger partial charge in [0.2, 0.25) is 0 Å². The minimum absolute atomic E-state index is 0.130. The van der Waals surface area contributed by atoms with E-state index in [2.05, 4.69) is 10.6 Å². The average Bonchev–Trinajstić information content (AvgIpc) is 2.84. The molecule has 2 amide bonds. The Kier molecular flexibility index (Phi) is 7.03. The second kappa shape index (κ2) is 10.3. The van der Waals surface area contributed by atoms with Gasteiger partial charge in [-0.1, -0.05) is 37.5 Å². The molecule has 33 heavy (non-hydrogen) atoms. The molecule has 2 aromatic carbocycles. The molecule has 1 heterocycles. The smallest absolute Gasteiger partial charge is 0.267 e. The highest BCUT2D eigenvalue weighted by Crippen LogP contribution is 2.22. The molecule has 0 bridgehead atoms. The number of nitrogens with zero attached hydrogens (tertiary/aromatic N) is 1. The number of benzene rings is 2. The molecule has 1 fully saturated rings. The van der Waals surface area contributed by atoms with Crippen molar-refractivity contribution < 1.29 is 9.59 Å². The van der Waals surface area contributed by atoms with Gasteiger partial charge < -0.3 is 10.6 Å². The van der Waals surface area contributed by atoms with Crippen molar-refractivity contribution in [3.05, 3.63) is 93.9 Å². The predicted molar refractivity (Wildman–Crippen MR) is 130 cm³/mol. The van der Waals surface area contributed by atoms with E-state index in [-0.39, 0.29) is 22.9 Å². The monoisotopic (exact) mass is 443 g/mol. The van der Waals surface area contributed by atoms with Crippen molar-refractivity contribution >= 4 is 17.5 Å². The first-order chi connectivity index (χ1) is 16.0. The van der Waals surface area contributed by atoms with E-state index in [9.17, 15) is 14.4 Å². The third-order valence-corrected chi connectivity index (χ3v) is 6.26. The van der Waals surface area contributed by atoms with E-state index < -0.39 is 0 Å². The number of aryl methyl sites for hydroxylation is 1. The number of rotatable bonds is 6. The van der Waals surface area contributed by atoms with Gasteiger partial charge in [0.25, 0.3) is 17.4 Å². The highest BCUT2D eigenvalue weighted by molar-refractivity contribution is 6.05. The summed E-state index contributed by atoms with van der Waals surface area (Å²) in [7, 11) is 0. The number of hydrogen-bond donors (Lipinski definition) is 2. The molecule has 0 aliphatic heterocycles. The van der Waals surface area contributed by atoms with E-state index >= 15 is 0 Å². The Balaban J connectivity index is 1.45. The van der Waals surface area contributed by atoms with Crippen LogP contribution in [0.1, 0.15) is 58.4 Å². The number of carbonyl (C=O) groups is 2. The van der Waals surface area contributed by atoms with Gasteiger partial charge in [0.15, 0.2) is 0 Å². The SMILES string of the molecule is Cc1ccccc1C(=O)Nc1ccc(-n2cccc(C(=O)NCC3CCCCC3)c2=O)cc1. The molecule has 3 aromatic rings. The van der Waals surface area contributed by atoms with Crippen molar-refractivity contribution in [1.82, 2.24) is 9.88 Å². The van der Waals surface area contributed by atoms with Crippen LogP contribution in [0.15, 0.2) is 71.7 Å². The van der Waals surface area contributed by atoms with Crippen LogP contribution in [0.4, 0.5) is 5.69 Å². The van der Waals surface area contributed by atoms with Crippen molar-refractivity contribution in [1.29, 1.82) is 0 Å². The van der Waals surface area contributed by atoms with Gasteiger partial charge >= 0.3 is 0 Å². The molecule has 1 aromatic heterocycles. The summed E-state index contributed by atoms with van der Waals surface area (Å²) < 4.78 is 1.45. The van der Waals surface area contributed by atoms with Gasteiger partial charge in [-0.2, -0.15) is 0 Å². The molecule has 2 N–H and O–H groups in total. The highest BCUT2D eigenvalue weighted by atomic mass is 16.2. The minimum Gasteiger partial charge on any atom is -0.352 e. The molecule has 0 spiro atoms. The Morgan fingerprint density at radius 2 is 1.58 bits per heavy atom. The van der Waals surface area contributed by atoms with Crippen LogP contribution >= 0.6 is 0 Å². The molecular formula is C27H29N3O3. The van der Waals surface area contributed by atoms with Crippen LogP contribution in [0.2, 0.25) is 0 Å². The molecule has 0 atom stereocenters. The second-order valence-electron chi connectivity index (χ2n) is 8.63. The van der Waals surface area contributed by atoms with Crippen molar-refractivity contribution in [3.8, 4) is 5.69 Å². The lowest BCUT2D eigenvalue weighted by Crippen LogP contribution is -2.35. The van der Waals surface area contributed by atoms with Crippen LogP contribution in [0.3, 0.4) is 0 Å². The Morgan fingerprint density at radius 3 is 2.30 bits per heavy atom. The molecule has 1 aliphatic carbocycles. The Bertz CT molecular complexity index is 1190. The summed E-state index contributed by atoms with van der Waals surface area (Å²) in [5.41, 5.74) is 2.53. The molecule has 4 rings (SSSR count). The van der Waals surface area contributed by atoms with Crippen LogP contribution in [-0.4, -0.2) is 22.9 Å². The highest BCUT2D eigenvalue weighted by Gasteiger charge is 2.17. The summed E-state index contributed by atoms with van der Waals surface area (Å²) in [5.74, 6) is -0.0206. The summed E-state index contributed by atoms with van der Waals surface area (Å²) in [5, 5.41) is 5.82. The molecule has 0 saturated heterocycles. The zero-order chi connectivity index (χ0) is 23.2. The third-order valence-electron chi connectivity index (χ3n) is 6.26. The number of aromatic nitrogens is 1. The van der Waals surface area contributed by atoms with Crippen molar-refractivity contribution in [3.63, 3.8) is 0 Å². The van der Waals surface area contributed by atoms with Crippen LogP contribution < -0.4 is 16.2 Å². The largest absolute Gasteiger partial charge is 0.352 e. The number of nitrogens with one attached hydrogen (secondary N) is 2. The maximum atomic E-state index is 13.0. The number of amides is 2. The van der Waals surface area contributed by atoms with Crippen molar-refractivity contribution in [2.24, 2.45) is 5.92 Å². The fraction of sp³-hybridized carbons (Fsp3) is 0.296. The van der Waals surface area contributed by atoms with E-state index in [0.29, 0.717) is 29.4 Å². The van der Waals surface area contributed by atoms with E-state index in [0.717, 1.165) is 18.4 Å². The summed E-state index contributed by atoms with van der Waals surface area (Å²) in [6, 6.07) is 17.6. The minimum atomic E-state index is -0.365. The number of pyridine rings is 1. The maximum absolute atomic E-state index is 13.0. The first-order valence-corrected chi connectivity index (χ1v) is 11.5. The van der Waals surface area contributed by atoms with E-state index in [4.69, 9.17) is 0 Å². The Morgan fingerprint density at radius 1 is 0.879 bits per heavy atom. The molecule has 1 aliphatic rings. The number of carbonyl (C=O) groups excluding carboxylic acids is 2. The molecule has 170 valence electrons. The molecule has 6 heteroatoms. The van der Waals surface area contributed by atoms with Gasteiger partial charge in [-0.25, -0.2) is 0 Å². The van der Waals surface area contributed by atoms with Crippen molar-refractivity contribution in [2.75, 3.05) is 11.9 Å². The number of anilines is 1. The predicted octanol–water partition coefficient (Wildman–Crippen LogP) is 4.71. The topological polar surface area (TPSA) is 80.2 Å². The Hall–Kier alpha value is -3.67. The van der Waals surface area contributed by atoms with Crippen molar-refractivity contribution in [2.45, 2.75) is 39.0 Å². The summed E-state index contributed by atoms with van der Waals surface area (Å²) in [6.07, 6.45) is 7.58. The quantitative estimate of drug-likeness (QED) is 0.579. The van der Waals surface area contributed by atoms with Crippen LogP contribution in [-0.2, 0) is 0 Å². The standard InChI is InChI=1S/C27H29N3O3/c1-19-8-5-6-11-23(19)26(32)29-21-13-15-22(16-14-21)30-17-7-12-24(27(30)33)25(31)28-18-20-9-3-2-4-10-20/h5-8,11-17,20H,2-4,9-10,18H2,1H3,(H,28,31)(H,29,32). The summed E-state index contributed by atoms with van der Waals surface area (Å²) in [6.45, 7) is 2.51. The molecule has 6 nitrogen and oxygen atoms in total. The fourth-order valence-corrected chi connectivity index (χ4v) is 4.33. The molecule has 0 unspecified atom stereocenters. The van der Waals surface area contributed by atoms with Gasteiger partial charge in [0.05, 0.1) is 0 Å². The first kappa shape index (κ1) is 22.5. The fourth-order valence-electron chi connectivity index (χ4n) is 4.33. The van der Waals surface area contributed by atoms with E-state index in [1.807, 2.05) is 25.1 Å². The average molecular weight is 444 g/mol. The van der Waals surface area contributed by atoms with Gasteiger partial charge in [-0.3, -0.25) is 19.0 Å². The lowest BCUT2D eigenvalue weighted by Gasteiger charge is -2.21. The zero-order valence-corrected chi connectivity index (χ0v) is 18.8. The maximum Gasteiger partial charge on any atom is 0.267 e. The summed E-state index contributed by atoms with van der Waals surface area (Å²) in [4.78, 5) is 38.2. The summed E-state index contributed by atoms with van der Waals surface area (Å²) >= 11 is 0. The molecule has 1 saturated carbocycles. The lowest BCUT2D eigenvalue weighted by atomic mass is 9.89. The normalized spacial score (nSPS) is 14.0. The van der Waals surface area contributed by atoms with Crippen LogP contribution in [0, 0.1) is 12.8 Å². The third kappa shape index (κ3) is 5.40. The first-order valence-electron chi connectivity index (χ1n) is 11.5. The van der Waals surface area contributed by atoms with Gasteiger partial charge in [0.1, 0.15) is 5.56 Å². The second-order valence-corrected chi connectivity index (χ2v) is 8.63. The van der Waals surface area contributed by atoms with Crippen LogP contribution in [0.5, 0.6) is 0 Å². The van der Waals surface area contributed by atoms with E-state index in [1.54, 1.807) is 48.7 Å². The zero-order valence-electron chi connectivity index (χ0n) is 18.8. The van der Waals surface area contributed by atoms with Crippen LogP contribution in [0.25, 0.3) is 5.69 Å². The Labute approximate surface area is 193 Å². The lowest BCUT2D eigenvalue weighted by molar-refractivity contribution is 0.0941. The molecule has 0 radical (unpaired) electrons.